The van der Waals surface area contributed by atoms with Gasteiger partial charge in [-0.1, -0.05) is 36.8 Å². The number of methoxy groups -OCH3 is 1. The van der Waals surface area contributed by atoms with Gasteiger partial charge in [0.15, 0.2) is 5.96 Å². The van der Waals surface area contributed by atoms with Crippen molar-refractivity contribution in [3.8, 4) is 0 Å². The molecule has 0 aliphatic carbocycles. The normalized spacial score (nSPS) is 16.7. The highest BCUT2D eigenvalue weighted by Crippen LogP contribution is 2.16. The van der Waals surface area contributed by atoms with E-state index in [1.54, 1.807) is 7.11 Å². The highest BCUT2D eigenvalue weighted by molar-refractivity contribution is 14.0. The number of aryl methyl sites for hydroxylation is 1. The van der Waals surface area contributed by atoms with Gasteiger partial charge in [-0.15, -0.1) is 24.0 Å². The summed E-state index contributed by atoms with van der Waals surface area (Å²) in [5.41, 5.74) is 2.67. The smallest absolute Gasteiger partial charge is 0.193 e. The third-order valence-corrected chi connectivity index (χ3v) is 5.01. The number of ether oxygens (including phenoxy) is 2. The number of hydrogen-bond acceptors (Lipinski definition) is 3. The second-order valence-electron chi connectivity index (χ2n) is 7.14. The van der Waals surface area contributed by atoms with E-state index in [4.69, 9.17) is 9.47 Å². The average molecular weight is 489 g/mol. The van der Waals surface area contributed by atoms with Crippen molar-refractivity contribution in [3.05, 3.63) is 35.4 Å². The van der Waals surface area contributed by atoms with E-state index >= 15 is 0 Å². The van der Waals surface area contributed by atoms with Crippen LogP contribution < -0.4 is 5.32 Å². The number of hydrogen-bond donors (Lipinski definition) is 1. The topological polar surface area (TPSA) is 46.1 Å². The van der Waals surface area contributed by atoms with Gasteiger partial charge >= 0.3 is 0 Å². The quantitative estimate of drug-likeness (QED) is 0.261. The van der Waals surface area contributed by atoms with Crippen molar-refractivity contribution in [1.29, 1.82) is 0 Å². The Labute approximate surface area is 181 Å². The van der Waals surface area contributed by atoms with Crippen LogP contribution in [-0.2, 0) is 9.47 Å². The lowest BCUT2D eigenvalue weighted by Crippen LogP contribution is -2.47. The van der Waals surface area contributed by atoms with Gasteiger partial charge in [-0.25, -0.2) is 0 Å². The second-order valence-corrected chi connectivity index (χ2v) is 7.14. The summed E-state index contributed by atoms with van der Waals surface area (Å²) in [5, 5.41) is 3.55. The van der Waals surface area contributed by atoms with Crippen molar-refractivity contribution in [2.45, 2.75) is 45.1 Å². The Morgan fingerprint density at radius 2 is 1.89 bits per heavy atom. The molecule has 2 rings (SSSR count). The number of nitrogens with one attached hydrogen (secondary N) is 1. The molecule has 27 heavy (non-hydrogen) atoms. The third-order valence-electron chi connectivity index (χ3n) is 5.01. The van der Waals surface area contributed by atoms with Crippen LogP contribution in [0.4, 0.5) is 0 Å². The van der Waals surface area contributed by atoms with Gasteiger partial charge in [-0.3, -0.25) is 4.99 Å². The van der Waals surface area contributed by atoms with Crippen LogP contribution in [0, 0.1) is 6.92 Å². The highest BCUT2D eigenvalue weighted by atomic mass is 127. The van der Waals surface area contributed by atoms with Crippen molar-refractivity contribution in [2.75, 3.05) is 47.0 Å². The van der Waals surface area contributed by atoms with E-state index in [9.17, 15) is 0 Å². The number of nitrogens with zero attached hydrogens (tertiary/aromatic N) is 2. The molecule has 1 aromatic carbocycles. The molecule has 1 atom stereocenters. The lowest BCUT2D eigenvalue weighted by atomic mass is 10.00. The molecule has 1 heterocycles. The molecule has 0 radical (unpaired) electrons. The average Bonchev–Trinajstić information content (AvgIpc) is 2.67. The monoisotopic (exact) mass is 489 g/mol. The molecule has 154 valence electrons. The Balaban J connectivity index is 0.00000364. The largest absolute Gasteiger partial charge is 0.385 e. The van der Waals surface area contributed by atoms with E-state index in [1.165, 1.54) is 11.1 Å². The molecule has 1 aliphatic rings. The van der Waals surface area contributed by atoms with E-state index in [0.717, 1.165) is 58.1 Å². The van der Waals surface area contributed by atoms with Crippen molar-refractivity contribution in [2.24, 2.45) is 4.99 Å². The van der Waals surface area contributed by atoms with Gasteiger partial charge in [-0.05, 0) is 37.7 Å². The maximum atomic E-state index is 5.95. The molecule has 0 spiro atoms. The van der Waals surface area contributed by atoms with Gasteiger partial charge in [-0.2, -0.15) is 0 Å². The first-order chi connectivity index (χ1) is 12.6. The first kappa shape index (κ1) is 24.2. The van der Waals surface area contributed by atoms with Gasteiger partial charge in [0.1, 0.15) is 0 Å². The number of rotatable bonds is 8. The number of likely N-dealkylation sites (tertiary alicyclic amines) is 1. The van der Waals surface area contributed by atoms with E-state index in [2.05, 4.69) is 53.3 Å². The number of piperidine rings is 1. The summed E-state index contributed by atoms with van der Waals surface area (Å²) in [6.45, 7) is 8.82. The molecule has 1 unspecified atom stereocenters. The molecule has 6 heteroatoms. The van der Waals surface area contributed by atoms with Crippen LogP contribution >= 0.6 is 24.0 Å². The summed E-state index contributed by atoms with van der Waals surface area (Å²) in [6.07, 6.45) is 3.45. The summed E-state index contributed by atoms with van der Waals surface area (Å²) >= 11 is 0. The van der Waals surface area contributed by atoms with Gasteiger partial charge in [0.05, 0.1) is 6.10 Å². The fourth-order valence-corrected chi connectivity index (χ4v) is 3.28. The fourth-order valence-electron chi connectivity index (χ4n) is 3.28. The Morgan fingerprint density at radius 3 is 2.48 bits per heavy atom. The van der Waals surface area contributed by atoms with Crippen LogP contribution in [0.3, 0.4) is 0 Å². The number of guanidine groups is 1. The van der Waals surface area contributed by atoms with Gasteiger partial charge in [0.2, 0.25) is 0 Å². The summed E-state index contributed by atoms with van der Waals surface area (Å²) in [5.74, 6) is 1.45. The van der Waals surface area contributed by atoms with Crippen LogP contribution in [0.2, 0.25) is 0 Å². The molecule has 0 aromatic heterocycles. The first-order valence-corrected chi connectivity index (χ1v) is 9.76. The molecular weight excluding hydrogens is 453 g/mol. The SMILES string of the molecule is CN=C(NCC(C)c1ccc(C)cc1)N1CCC(OCCCOC)CC1.I. The molecule has 0 amide bonds. The Hall–Kier alpha value is -0.860. The van der Waals surface area contributed by atoms with Crippen LogP contribution in [0.5, 0.6) is 0 Å². The molecule has 1 aromatic rings. The van der Waals surface area contributed by atoms with Crippen molar-refractivity contribution < 1.29 is 9.47 Å². The molecule has 1 aliphatic heterocycles. The van der Waals surface area contributed by atoms with Crippen LogP contribution in [0.25, 0.3) is 0 Å². The van der Waals surface area contributed by atoms with Crippen molar-refractivity contribution in [1.82, 2.24) is 10.2 Å². The van der Waals surface area contributed by atoms with Crippen molar-refractivity contribution in [3.63, 3.8) is 0 Å². The zero-order valence-corrected chi connectivity index (χ0v) is 19.6. The van der Waals surface area contributed by atoms with Gasteiger partial charge < -0.3 is 19.7 Å². The molecule has 5 nitrogen and oxygen atoms in total. The van der Waals surface area contributed by atoms with E-state index in [1.807, 2.05) is 7.05 Å². The molecule has 0 bridgehead atoms. The standard InChI is InChI=1S/C21H35N3O2.HI/c1-17-6-8-19(9-7-17)18(2)16-23-21(22-3)24-12-10-20(11-13-24)26-15-5-14-25-4;/h6-9,18,20H,5,10-16H2,1-4H3,(H,22,23);1H. The molecule has 1 N–H and O–H groups in total. The van der Waals surface area contributed by atoms with Crippen LogP contribution in [-0.4, -0.2) is 64.0 Å². The summed E-state index contributed by atoms with van der Waals surface area (Å²) in [4.78, 5) is 6.82. The lowest BCUT2D eigenvalue weighted by Gasteiger charge is -2.34. The molecule has 1 saturated heterocycles. The fraction of sp³-hybridized carbons (Fsp3) is 0.667. The predicted molar refractivity (Wildman–Crippen MR) is 123 cm³/mol. The summed E-state index contributed by atoms with van der Waals surface area (Å²) < 4.78 is 11.0. The Morgan fingerprint density at radius 1 is 1.22 bits per heavy atom. The summed E-state index contributed by atoms with van der Waals surface area (Å²) in [6, 6.07) is 8.80. The third kappa shape index (κ3) is 8.35. The Bertz CT molecular complexity index is 543. The molecular formula is C21H36IN3O2. The maximum absolute atomic E-state index is 5.95. The van der Waals surface area contributed by atoms with Gasteiger partial charge in [0.25, 0.3) is 0 Å². The maximum Gasteiger partial charge on any atom is 0.193 e. The minimum absolute atomic E-state index is 0. The predicted octanol–water partition coefficient (Wildman–Crippen LogP) is 3.81. The minimum Gasteiger partial charge on any atom is -0.385 e. The van der Waals surface area contributed by atoms with E-state index < -0.39 is 0 Å². The Kier molecular flexibility index (Phi) is 11.9. The minimum atomic E-state index is 0. The summed E-state index contributed by atoms with van der Waals surface area (Å²) in [7, 11) is 3.60. The van der Waals surface area contributed by atoms with E-state index in [-0.39, 0.29) is 24.0 Å². The molecule has 1 fully saturated rings. The van der Waals surface area contributed by atoms with Crippen molar-refractivity contribution >= 4 is 29.9 Å². The number of halogens is 1. The second kappa shape index (κ2) is 13.3. The van der Waals surface area contributed by atoms with Crippen LogP contribution in [0.15, 0.2) is 29.3 Å². The number of aliphatic imine (C=N–C) groups is 1. The molecule has 0 saturated carbocycles. The number of benzene rings is 1. The van der Waals surface area contributed by atoms with E-state index in [0.29, 0.717) is 12.0 Å². The zero-order chi connectivity index (χ0) is 18.8. The van der Waals surface area contributed by atoms with Crippen LogP contribution in [0.1, 0.15) is 43.2 Å². The van der Waals surface area contributed by atoms with Gasteiger partial charge in [0, 0.05) is 47.0 Å². The highest BCUT2D eigenvalue weighted by Gasteiger charge is 2.22. The zero-order valence-electron chi connectivity index (χ0n) is 17.2. The first-order valence-electron chi connectivity index (χ1n) is 9.76. The lowest BCUT2D eigenvalue weighted by molar-refractivity contribution is 0.00990.